The summed E-state index contributed by atoms with van der Waals surface area (Å²) in [5.74, 6) is 0. The van der Waals surface area contributed by atoms with Crippen LogP contribution in [-0.4, -0.2) is 24.7 Å². The van der Waals surface area contributed by atoms with Crippen LogP contribution in [0.2, 0.25) is 0 Å². The second-order valence-corrected chi connectivity index (χ2v) is 4.99. The van der Waals surface area contributed by atoms with Gasteiger partial charge < -0.3 is 10.6 Å². The standard InChI is InChI=1S/C9H18N2/c1-8(2,3)9-4-7(5-11-9)10-6-9/h7,10-11H,4-6H2,1-3H3/t7-,9-/m0/s1. The van der Waals surface area contributed by atoms with Crippen molar-refractivity contribution in [1.82, 2.24) is 10.6 Å². The molecule has 2 aliphatic rings. The molecule has 2 fully saturated rings. The van der Waals surface area contributed by atoms with Gasteiger partial charge in [0, 0.05) is 24.7 Å². The van der Waals surface area contributed by atoms with E-state index in [2.05, 4.69) is 31.4 Å². The Bertz CT molecular complexity index is 161. The van der Waals surface area contributed by atoms with Gasteiger partial charge in [-0.2, -0.15) is 0 Å². The van der Waals surface area contributed by atoms with Crippen molar-refractivity contribution in [1.29, 1.82) is 0 Å². The van der Waals surface area contributed by atoms with Crippen LogP contribution < -0.4 is 10.6 Å². The summed E-state index contributed by atoms with van der Waals surface area (Å²) in [5, 5.41) is 7.19. The molecule has 0 aromatic rings. The van der Waals surface area contributed by atoms with Gasteiger partial charge in [0.15, 0.2) is 0 Å². The van der Waals surface area contributed by atoms with E-state index >= 15 is 0 Å². The molecule has 0 radical (unpaired) electrons. The lowest BCUT2D eigenvalue weighted by Gasteiger charge is -2.40. The van der Waals surface area contributed by atoms with E-state index in [0.717, 1.165) is 19.1 Å². The first-order valence-electron chi connectivity index (χ1n) is 4.52. The Morgan fingerprint density at radius 1 is 1.36 bits per heavy atom. The molecule has 0 amide bonds. The molecule has 0 spiro atoms. The van der Waals surface area contributed by atoms with Crippen LogP contribution in [0, 0.1) is 5.41 Å². The van der Waals surface area contributed by atoms with Gasteiger partial charge in [-0.05, 0) is 11.8 Å². The normalized spacial score (nSPS) is 43.4. The number of hydrogen-bond donors (Lipinski definition) is 2. The van der Waals surface area contributed by atoms with Gasteiger partial charge in [0.25, 0.3) is 0 Å². The van der Waals surface area contributed by atoms with Crippen molar-refractivity contribution in [2.24, 2.45) is 5.41 Å². The zero-order valence-corrected chi connectivity index (χ0v) is 7.70. The van der Waals surface area contributed by atoms with Crippen LogP contribution in [-0.2, 0) is 0 Å². The van der Waals surface area contributed by atoms with E-state index in [0.29, 0.717) is 11.0 Å². The number of piperazine rings is 1. The molecule has 0 aromatic carbocycles. The van der Waals surface area contributed by atoms with Crippen molar-refractivity contribution in [2.75, 3.05) is 13.1 Å². The van der Waals surface area contributed by atoms with Crippen LogP contribution >= 0.6 is 0 Å². The Kier molecular flexibility index (Phi) is 1.37. The maximum absolute atomic E-state index is 3.65. The third-order valence-corrected chi connectivity index (χ3v) is 3.41. The minimum absolute atomic E-state index is 0.387. The van der Waals surface area contributed by atoms with E-state index in [4.69, 9.17) is 0 Å². The first kappa shape index (κ1) is 7.56. The van der Waals surface area contributed by atoms with E-state index in [1.54, 1.807) is 0 Å². The third-order valence-electron chi connectivity index (χ3n) is 3.41. The smallest absolute Gasteiger partial charge is 0.0371 e. The maximum Gasteiger partial charge on any atom is 0.0371 e. The number of fused-ring (bicyclic) bond motifs is 2. The lowest BCUT2D eigenvalue weighted by atomic mass is 9.74. The summed E-state index contributed by atoms with van der Waals surface area (Å²) in [6.07, 6.45) is 1.32. The number of nitrogens with one attached hydrogen (secondary N) is 2. The summed E-state index contributed by atoms with van der Waals surface area (Å²) in [6.45, 7) is 9.30. The van der Waals surface area contributed by atoms with E-state index in [1.165, 1.54) is 6.42 Å². The van der Waals surface area contributed by atoms with E-state index in [1.807, 2.05) is 0 Å². The molecule has 0 unspecified atom stereocenters. The lowest BCUT2D eigenvalue weighted by molar-refractivity contribution is 0.174. The monoisotopic (exact) mass is 154 g/mol. The fourth-order valence-corrected chi connectivity index (χ4v) is 2.32. The molecule has 2 atom stereocenters. The molecule has 2 saturated heterocycles. The highest BCUT2D eigenvalue weighted by molar-refractivity contribution is 5.12. The molecule has 2 rings (SSSR count). The van der Waals surface area contributed by atoms with Crippen LogP contribution in [0.5, 0.6) is 0 Å². The quantitative estimate of drug-likeness (QED) is 0.537. The van der Waals surface area contributed by atoms with Crippen LogP contribution in [0.15, 0.2) is 0 Å². The van der Waals surface area contributed by atoms with Gasteiger partial charge in [0.05, 0.1) is 0 Å². The summed E-state index contributed by atoms with van der Waals surface area (Å²) in [7, 11) is 0. The zero-order chi connectivity index (χ0) is 8.11. The van der Waals surface area contributed by atoms with Gasteiger partial charge >= 0.3 is 0 Å². The third kappa shape index (κ3) is 0.926. The summed E-state index contributed by atoms with van der Waals surface area (Å²) in [4.78, 5) is 0. The fraction of sp³-hybridized carbons (Fsp3) is 1.00. The molecule has 2 heterocycles. The molecule has 0 saturated carbocycles. The predicted octanol–water partition coefficient (Wildman–Crippen LogP) is 0.736. The van der Waals surface area contributed by atoms with Crippen molar-refractivity contribution in [2.45, 2.75) is 38.8 Å². The minimum Gasteiger partial charge on any atom is -0.311 e. The zero-order valence-electron chi connectivity index (χ0n) is 7.70. The Morgan fingerprint density at radius 2 is 2.09 bits per heavy atom. The van der Waals surface area contributed by atoms with Crippen LogP contribution in [0.3, 0.4) is 0 Å². The highest BCUT2D eigenvalue weighted by Crippen LogP contribution is 2.40. The second-order valence-electron chi connectivity index (χ2n) is 4.99. The van der Waals surface area contributed by atoms with Crippen LogP contribution in [0.4, 0.5) is 0 Å². The predicted molar refractivity (Wildman–Crippen MR) is 46.6 cm³/mol. The molecule has 2 nitrogen and oxygen atoms in total. The molecule has 2 N–H and O–H groups in total. The first-order chi connectivity index (χ1) is 5.04. The Labute approximate surface area is 68.7 Å². The summed E-state index contributed by atoms with van der Waals surface area (Å²) in [5.41, 5.74) is 0.781. The van der Waals surface area contributed by atoms with Crippen LogP contribution in [0.1, 0.15) is 27.2 Å². The maximum atomic E-state index is 3.65. The molecular formula is C9H18N2. The second kappa shape index (κ2) is 1.99. The van der Waals surface area contributed by atoms with Gasteiger partial charge in [-0.25, -0.2) is 0 Å². The van der Waals surface area contributed by atoms with Gasteiger partial charge in [-0.3, -0.25) is 0 Å². The molecule has 0 aliphatic carbocycles. The Hall–Kier alpha value is -0.0800. The van der Waals surface area contributed by atoms with Gasteiger partial charge in [-0.1, -0.05) is 20.8 Å². The molecule has 64 valence electrons. The van der Waals surface area contributed by atoms with E-state index in [9.17, 15) is 0 Å². The van der Waals surface area contributed by atoms with Crippen molar-refractivity contribution >= 4 is 0 Å². The van der Waals surface area contributed by atoms with Crippen LogP contribution in [0.25, 0.3) is 0 Å². The van der Waals surface area contributed by atoms with E-state index < -0.39 is 0 Å². The lowest BCUT2D eigenvalue weighted by Crippen LogP contribution is -2.57. The SMILES string of the molecule is CC(C)(C)[C@]12CN[C@H](CN1)C2. The number of hydrogen-bond acceptors (Lipinski definition) is 2. The molecule has 2 aliphatic heterocycles. The molecular weight excluding hydrogens is 136 g/mol. The highest BCUT2D eigenvalue weighted by Gasteiger charge is 2.51. The first-order valence-corrected chi connectivity index (χ1v) is 4.52. The molecule has 0 aromatic heterocycles. The average molecular weight is 154 g/mol. The largest absolute Gasteiger partial charge is 0.311 e. The van der Waals surface area contributed by atoms with Gasteiger partial charge in [0.1, 0.15) is 0 Å². The summed E-state index contributed by atoms with van der Waals surface area (Å²) >= 11 is 0. The topological polar surface area (TPSA) is 24.1 Å². The number of rotatable bonds is 0. The fourth-order valence-electron chi connectivity index (χ4n) is 2.32. The summed E-state index contributed by atoms with van der Waals surface area (Å²) in [6, 6.07) is 0.745. The molecule has 2 bridgehead atoms. The summed E-state index contributed by atoms with van der Waals surface area (Å²) < 4.78 is 0. The van der Waals surface area contributed by atoms with Crippen molar-refractivity contribution in [3.63, 3.8) is 0 Å². The van der Waals surface area contributed by atoms with Crippen molar-refractivity contribution < 1.29 is 0 Å². The average Bonchev–Trinajstić information content (AvgIpc) is 2.42. The van der Waals surface area contributed by atoms with Crippen molar-refractivity contribution in [3.05, 3.63) is 0 Å². The molecule has 2 heteroatoms. The van der Waals surface area contributed by atoms with Gasteiger partial charge in [-0.15, -0.1) is 0 Å². The van der Waals surface area contributed by atoms with E-state index in [-0.39, 0.29) is 0 Å². The van der Waals surface area contributed by atoms with Crippen molar-refractivity contribution in [3.8, 4) is 0 Å². The minimum atomic E-state index is 0.387. The van der Waals surface area contributed by atoms with Gasteiger partial charge in [0.2, 0.25) is 0 Å². The highest BCUT2D eigenvalue weighted by atomic mass is 15.2. The Balaban J connectivity index is 2.23. The Morgan fingerprint density at radius 3 is 2.27 bits per heavy atom. The molecule has 11 heavy (non-hydrogen) atoms.